The zero-order chi connectivity index (χ0) is 12.3. The number of rotatable bonds is 8. The first kappa shape index (κ1) is 13.7. The Hall–Kier alpha value is -1.41. The molecule has 90 valence electrons. The summed E-state index contributed by atoms with van der Waals surface area (Å²) >= 11 is 1.74. The molecule has 0 aliphatic heterocycles. The van der Waals surface area contributed by atoms with Crippen LogP contribution in [0.1, 0.15) is 24.0 Å². The maximum atomic E-state index is 4.42. The van der Waals surface area contributed by atoms with E-state index in [9.17, 15) is 0 Å². The van der Waals surface area contributed by atoms with Gasteiger partial charge in [-0.2, -0.15) is 11.3 Å². The van der Waals surface area contributed by atoms with Crippen molar-refractivity contribution in [3.63, 3.8) is 0 Å². The van der Waals surface area contributed by atoms with E-state index in [0.29, 0.717) is 0 Å². The molecule has 0 radical (unpaired) electrons. The third-order valence-electron chi connectivity index (χ3n) is 2.32. The Morgan fingerprint density at radius 3 is 2.88 bits per heavy atom. The molecule has 1 heterocycles. The predicted molar refractivity (Wildman–Crippen MR) is 79.3 cm³/mol. The molecule has 0 saturated heterocycles. The summed E-state index contributed by atoms with van der Waals surface area (Å²) < 4.78 is 0. The van der Waals surface area contributed by atoms with Crippen LogP contribution in [0, 0.1) is 0 Å². The van der Waals surface area contributed by atoms with Gasteiger partial charge in [0.05, 0.1) is 0 Å². The lowest BCUT2D eigenvalue weighted by Crippen LogP contribution is -1.88. The van der Waals surface area contributed by atoms with Gasteiger partial charge in [0.1, 0.15) is 0 Å². The van der Waals surface area contributed by atoms with Crippen molar-refractivity contribution in [3.05, 3.63) is 59.3 Å². The lowest BCUT2D eigenvalue weighted by molar-refractivity contribution is 1.000. The SMILES string of the molecule is C=C/C=C\CC/N=C\c1cscc1CCC=C. The summed E-state index contributed by atoms with van der Waals surface area (Å²) in [4.78, 5) is 4.42. The Morgan fingerprint density at radius 1 is 1.24 bits per heavy atom. The van der Waals surface area contributed by atoms with Gasteiger partial charge in [0, 0.05) is 18.3 Å². The molecule has 0 atom stereocenters. The molecule has 0 unspecified atom stereocenters. The molecule has 0 aliphatic rings. The summed E-state index contributed by atoms with van der Waals surface area (Å²) in [5, 5.41) is 4.35. The predicted octanol–water partition coefficient (Wildman–Crippen LogP) is 4.42. The summed E-state index contributed by atoms with van der Waals surface area (Å²) in [5.41, 5.74) is 2.63. The van der Waals surface area contributed by atoms with E-state index in [0.717, 1.165) is 25.8 Å². The van der Waals surface area contributed by atoms with Gasteiger partial charge in [-0.25, -0.2) is 0 Å². The van der Waals surface area contributed by atoms with Crippen LogP contribution in [0.5, 0.6) is 0 Å². The van der Waals surface area contributed by atoms with Gasteiger partial charge in [0.2, 0.25) is 0 Å². The van der Waals surface area contributed by atoms with Crippen LogP contribution in [0.4, 0.5) is 0 Å². The Morgan fingerprint density at radius 2 is 2.12 bits per heavy atom. The van der Waals surface area contributed by atoms with Crippen molar-refractivity contribution in [2.75, 3.05) is 6.54 Å². The highest BCUT2D eigenvalue weighted by Crippen LogP contribution is 2.15. The fraction of sp³-hybridized carbons (Fsp3) is 0.267. The van der Waals surface area contributed by atoms with Crippen LogP contribution in [0.15, 0.2) is 53.2 Å². The normalized spacial score (nSPS) is 11.3. The van der Waals surface area contributed by atoms with Crippen LogP contribution in [-0.4, -0.2) is 12.8 Å². The first-order chi connectivity index (χ1) is 8.38. The maximum absolute atomic E-state index is 4.42. The first-order valence-electron chi connectivity index (χ1n) is 5.82. The number of hydrogen-bond acceptors (Lipinski definition) is 2. The Balaban J connectivity index is 2.41. The van der Waals surface area contributed by atoms with Crippen molar-refractivity contribution in [1.29, 1.82) is 0 Å². The number of aryl methyl sites for hydroxylation is 1. The van der Waals surface area contributed by atoms with Crippen LogP contribution in [0.2, 0.25) is 0 Å². The molecule has 2 heteroatoms. The monoisotopic (exact) mass is 245 g/mol. The van der Waals surface area contributed by atoms with Crippen molar-refractivity contribution >= 4 is 17.6 Å². The average molecular weight is 245 g/mol. The largest absolute Gasteiger partial charge is 0.292 e. The zero-order valence-electron chi connectivity index (χ0n) is 10.1. The zero-order valence-corrected chi connectivity index (χ0v) is 11.0. The van der Waals surface area contributed by atoms with E-state index in [1.165, 1.54) is 11.1 Å². The number of hydrogen-bond donors (Lipinski definition) is 0. The summed E-state index contributed by atoms with van der Waals surface area (Å²) in [6, 6.07) is 0. The molecule has 0 spiro atoms. The fourth-order valence-corrected chi connectivity index (χ4v) is 2.26. The molecular weight excluding hydrogens is 226 g/mol. The molecule has 0 fully saturated rings. The van der Waals surface area contributed by atoms with Gasteiger partial charge in [0.25, 0.3) is 0 Å². The van der Waals surface area contributed by atoms with Crippen LogP contribution < -0.4 is 0 Å². The molecule has 0 bridgehead atoms. The van der Waals surface area contributed by atoms with Gasteiger partial charge >= 0.3 is 0 Å². The molecule has 1 rings (SSSR count). The number of nitrogens with zero attached hydrogens (tertiary/aromatic N) is 1. The van der Waals surface area contributed by atoms with E-state index in [4.69, 9.17) is 0 Å². The van der Waals surface area contributed by atoms with Crippen LogP contribution in [0.3, 0.4) is 0 Å². The van der Waals surface area contributed by atoms with E-state index in [1.54, 1.807) is 17.4 Å². The minimum atomic E-state index is 0.834. The molecule has 0 saturated carbocycles. The lowest BCUT2D eigenvalue weighted by atomic mass is 10.1. The summed E-state index contributed by atoms with van der Waals surface area (Å²) in [7, 11) is 0. The Kier molecular flexibility index (Phi) is 6.99. The van der Waals surface area contributed by atoms with Gasteiger partial charge in [-0.15, -0.1) is 6.58 Å². The topological polar surface area (TPSA) is 12.4 Å². The van der Waals surface area contributed by atoms with Crippen molar-refractivity contribution in [3.8, 4) is 0 Å². The van der Waals surface area contributed by atoms with Crippen molar-refractivity contribution in [1.82, 2.24) is 0 Å². The van der Waals surface area contributed by atoms with Gasteiger partial charge in [-0.1, -0.05) is 30.9 Å². The van der Waals surface area contributed by atoms with Gasteiger partial charge in [-0.05, 0) is 35.6 Å². The van der Waals surface area contributed by atoms with Gasteiger partial charge in [-0.3, -0.25) is 4.99 Å². The maximum Gasteiger partial charge on any atom is 0.0424 e. The third-order valence-corrected chi connectivity index (χ3v) is 3.13. The molecule has 0 aliphatic carbocycles. The molecule has 0 N–H and O–H groups in total. The van der Waals surface area contributed by atoms with E-state index < -0.39 is 0 Å². The third kappa shape index (κ3) is 5.45. The number of aliphatic imine (C=N–C) groups is 1. The summed E-state index contributed by atoms with van der Waals surface area (Å²) in [6.45, 7) is 8.21. The Bertz CT molecular complexity index is 399. The average Bonchev–Trinajstić information content (AvgIpc) is 2.78. The highest BCUT2D eigenvalue weighted by atomic mass is 32.1. The highest BCUT2D eigenvalue weighted by molar-refractivity contribution is 7.08. The van der Waals surface area contributed by atoms with Crippen LogP contribution in [-0.2, 0) is 6.42 Å². The molecule has 17 heavy (non-hydrogen) atoms. The smallest absolute Gasteiger partial charge is 0.0424 e. The quantitative estimate of drug-likeness (QED) is 0.278. The molecule has 0 aromatic carbocycles. The molecular formula is C15H19NS. The summed E-state index contributed by atoms with van der Waals surface area (Å²) in [5.74, 6) is 0. The molecule has 1 aromatic heterocycles. The van der Waals surface area contributed by atoms with E-state index in [-0.39, 0.29) is 0 Å². The van der Waals surface area contributed by atoms with Gasteiger partial charge < -0.3 is 0 Å². The fourth-order valence-electron chi connectivity index (χ4n) is 1.41. The second-order valence-electron chi connectivity index (χ2n) is 3.67. The molecule has 1 aromatic rings. The second kappa shape index (κ2) is 8.71. The second-order valence-corrected chi connectivity index (χ2v) is 4.41. The summed E-state index contributed by atoms with van der Waals surface area (Å²) in [6.07, 6.45) is 12.8. The molecule has 0 amide bonds. The minimum Gasteiger partial charge on any atom is -0.292 e. The van der Waals surface area contributed by atoms with Crippen molar-refractivity contribution < 1.29 is 0 Å². The molecule has 1 nitrogen and oxygen atoms in total. The Labute approximate surface area is 108 Å². The lowest BCUT2D eigenvalue weighted by Gasteiger charge is -1.96. The van der Waals surface area contributed by atoms with E-state index >= 15 is 0 Å². The van der Waals surface area contributed by atoms with E-state index in [2.05, 4.69) is 35.0 Å². The first-order valence-corrected chi connectivity index (χ1v) is 6.76. The number of thiophene rings is 1. The van der Waals surface area contributed by atoms with Crippen LogP contribution in [0.25, 0.3) is 0 Å². The minimum absolute atomic E-state index is 0.834. The van der Waals surface area contributed by atoms with Crippen molar-refractivity contribution in [2.24, 2.45) is 4.99 Å². The van der Waals surface area contributed by atoms with Crippen LogP contribution >= 0.6 is 11.3 Å². The van der Waals surface area contributed by atoms with Crippen molar-refractivity contribution in [2.45, 2.75) is 19.3 Å². The highest BCUT2D eigenvalue weighted by Gasteiger charge is 1.99. The van der Waals surface area contributed by atoms with Gasteiger partial charge in [0.15, 0.2) is 0 Å². The number of allylic oxidation sites excluding steroid dienone is 3. The standard InChI is InChI=1S/C15H19NS/c1-3-5-7-8-10-16-11-15-13-17-12-14(15)9-6-4-2/h3-5,7,11-13H,1-2,6,8-10H2/b7-5-,16-11-. The van der Waals surface area contributed by atoms with E-state index in [1.807, 2.05) is 18.4 Å².